The lowest BCUT2D eigenvalue weighted by Gasteiger charge is -2.30. The van der Waals surface area contributed by atoms with E-state index in [1.54, 1.807) is 12.1 Å². The predicted molar refractivity (Wildman–Crippen MR) is 103 cm³/mol. The largest absolute Gasteiger partial charge is 0.376 e. The number of carbonyl (C=O) groups is 1. The van der Waals surface area contributed by atoms with Crippen LogP contribution in [0.1, 0.15) is 35.8 Å². The molecular formula is C20H24N2O4S. The predicted octanol–water partition coefficient (Wildman–Crippen LogP) is 2.59. The molecule has 1 amide bonds. The lowest BCUT2D eigenvalue weighted by Crippen LogP contribution is -2.44. The summed E-state index contributed by atoms with van der Waals surface area (Å²) >= 11 is 0. The van der Waals surface area contributed by atoms with Gasteiger partial charge in [-0.25, -0.2) is 8.42 Å². The van der Waals surface area contributed by atoms with Crippen molar-refractivity contribution in [1.82, 2.24) is 9.62 Å². The van der Waals surface area contributed by atoms with E-state index in [-0.39, 0.29) is 22.9 Å². The first kappa shape index (κ1) is 19.5. The van der Waals surface area contributed by atoms with Crippen molar-refractivity contribution in [3.63, 3.8) is 0 Å². The van der Waals surface area contributed by atoms with Gasteiger partial charge in [0.25, 0.3) is 5.91 Å². The monoisotopic (exact) mass is 388 g/mol. The van der Waals surface area contributed by atoms with E-state index in [9.17, 15) is 13.2 Å². The van der Waals surface area contributed by atoms with Gasteiger partial charge in [0.1, 0.15) is 0 Å². The minimum atomic E-state index is -3.66. The molecule has 1 aliphatic rings. The molecule has 1 fully saturated rings. The van der Waals surface area contributed by atoms with Crippen LogP contribution in [0.5, 0.6) is 0 Å². The van der Waals surface area contributed by atoms with Crippen molar-refractivity contribution in [3.05, 3.63) is 65.7 Å². The molecule has 1 saturated heterocycles. The summed E-state index contributed by atoms with van der Waals surface area (Å²) in [6.07, 6.45) is -0.147. The standard InChI is InChI=1S/C20H24N2O4S/c1-15-14-22(11-12-26-15)27(24,25)19-10-6-9-18(13-19)20(23)21-16(2)17-7-4-3-5-8-17/h3-10,13,15-16H,11-12,14H2,1-2H3,(H,21,23). The molecule has 0 saturated carbocycles. The van der Waals surface area contributed by atoms with Crippen LogP contribution in [0.15, 0.2) is 59.5 Å². The lowest BCUT2D eigenvalue weighted by molar-refractivity contribution is 0.0102. The maximum Gasteiger partial charge on any atom is 0.251 e. The molecule has 2 atom stereocenters. The highest BCUT2D eigenvalue weighted by Gasteiger charge is 2.29. The molecule has 0 radical (unpaired) electrons. The van der Waals surface area contributed by atoms with Gasteiger partial charge in [0, 0.05) is 18.7 Å². The first-order chi connectivity index (χ1) is 12.9. The van der Waals surface area contributed by atoms with Crippen LogP contribution in [-0.2, 0) is 14.8 Å². The van der Waals surface area contributed by atoms with Crippen molar-refractivity contribution in [2.75, 3.05) is 19.7 Å². The number of hydrogen-bond donors (Lipinski definition) is 1. The zero-order valence-corrected chi connectivity index (χ0v) is 16.3. The summed E-state index contributed by atoms with van der Waals surface area (Å²) in [4.78, 5) is 12.7. The second kappa shape index (κ2) is 8.21. The molecule has 2 unspecified atom stereocenters. The Morgan fingerprint density at radius 2 is 1.93 bits per heavy atom. The zero-order valence-electron chi connectivity index (χ0n) is 15.5. The Morgan fingerprint density at radius 3 is 2.63 bits per heavy atom. The molecule has 2 aromatic rings. The van der Waals surface area contributed by atoms with Crippen LogP contribution < -0.4 is 5.32 Å². The third-order valence-corrected chi connectivity index (χ3v) is 6.45. The molecule has 0 spiro atoms. The molecule has 0 aliphatic carbocycles. The molecule has 1 aliphatic heterocycles. The van der Waals surface area contributed by atoms with E-state index in [0.29, 0.717) is 25.3 Å². The van der Waals surface area contributed by atoms with Gasteiger partial charge in [0.2, 0.25) is 10.0 Å². The van der Waals surface area contributed by atoms with E-state index >= 15 is 0 Å². The quantitative estimate of drug-likeness (QED) is 0.854. The van der Waals surface area contributed by atoms with E-state index in [2.05, 4.69) is 5.32 Å². The number of hydrogen-bond acceptors (Lipinski definition) is 4. The Labute approximate surface area is 160 Å². The van der Waals surface area contributed by atoms with Crippen LogP contribution in [0.25, 0.3) is 0 Å². The Hall–Kier alpha value is -2.22. The molecule has 6 nitrogen and oxygen atoms in total. The number of ether oxygens (including phenoxy) is 1. The number of nitrogens with one attached hydrogen (secondary N) is 1. The fourth-order valence-corrected chi connectivity index (χ4v) is 4.60. The fraction of sp³-hybridized carbons (Fsp3) is 0.350. The first-order valence-electron chi connectivity index (χ1n) is 8.95. The van der Waals surface area contributed by atoms with Crippen LogP contribution >= 0.6 is 0 Å². The van der Waals surface area contributed by atoms with Crippen molar-refractivity contribution >= 4 is 15.9 Å². The zero-order chi connectivity index (χ0) is 19.4. The number of sulfonamides is 1. The summed E-state index contributed by atoms with van der Waals surface area (Å²) < 4.78 is 32.6. The lowest BCUT2D eigenvalue weighted by atomic mass is 10.1. The average Bonchev–Trinajstić information content (AvgIpc) is 2.68. The van der Waals surface area contributed by atoms with Gasteiger partial charge in [-0.3, -0.25) is 4.79 Å². The molecule has 7 heteroatoms. The second-order valence-corrected chi connectivity index (χ2v) is 8.62. The minimum absolute atomic E-state index is 0.122. The summed E-state index contributed by atoms with van der Waals surface area (Å²) in [7, 11) is -3.66. The Kier molecular flexibility index (Phi) is 5.94. The molecule has 0 bridgehead atoms. The van der Waals surface area contributed by atoms with Crippen LogP contribution in [0.4, 0.5) is 0 Å². The molecule has 144 valence electrons. The van der Waals surface area contributed by atoms with Crippen molar-refractivity contribution in [3.8, 4) is 0 Å². The molecule has 3 rings (SSSR count). The minimum Gasteiger partial charge on any atom is -0.376 e. The van der Waals surface area contributed by atoms with Crippen molar-refractivity contribution in [1.29, 1.82) is 0 Å². The first-order valence-corrected chi connectivity index (χ1v) is 10.4. The van der Waals surface area contributed by atoms with E-state index in [1.807, 2.05) is 44.2 Å². The highest BCUT2D eigenvalue weighted by molar-refractivity contribution is 7.89. The van der Waals surface area contributed by atoms with Crippen molar-refractivity contribution in [2.45, 2.75) is 30.9 Å². The SMILES string of the molecule is CC1CN(S(=O)(=O)c2cccc(C(=O)NC(C)c3ccccc3)c2)CCO1. The molecule has 27 heavy (non-hydrogen) atoms. The van der Waals surface area contributed by atoms with Gasteiger partial charge in [-0.2, -0.15) is 4.31 Å². The Morgan fingerprint density at radius 1 is 1.19 bits per heavy atom. The molecular weight excluding hydrogens is 364 g/mol. The topological polar surface area (TPSA) is 75.7 Å². The normalized spacial score (nSPS) is 19.4. The third kappa shape index (κ3) is 4.55. The van der Waals surface area contributed by atoms with Crippen LogP contribution in [0.2, 0.25) is 0 Å². The number of rotatable bonds is 5. The van der Waals surface area contributed by atoms with Gasteiger partial charge >= 0.3 is 0 Å². The molecule has 1 N–H and O–H groups in total. The van der Waals surface area contributed by atoms with Crippen molar-refractivity contribution < 1.29 is 17.9 Å². The van der Waals surface area contributed by atoms with E-state index in [1.165, 1.54) is 16.4 Å². The van der Waals surface area contributed by atoms with Gasteiger partial charge in [0.15, 0.2) is 0 Å². The maximum absolute atomic E-state index is 12.9. The van der Waals surface area contributed by atoms with Gasteiger partial charge < -0.3 is 10.1 Å². The van der Waals surface area contributed by atoms with E-state index in [0.717, 1.165) is 5.56 Å². The number of nitrogens with zero attached hydrogens (tertiary/aromatic N) is 1. The second-order valence-electron chi connectivity index (χ2n) is 6.68. The highest BCUT2D eigenvalue weighted by atomic mass is 32.2. The van der Waals surface area contributed by atoms with Gasteiger partial charge in [-0.05, 0) is 37.6 Å². The van der Waals surface area contributed by atoms with Crippen LogP contribution in [0.3, 0.4) is 0 Å². The average molecular weight is 388 g/mol. The molecule has 2 aromatic carbocycles. The summed E-state index contributed by atoms with van der Waals surface area (Å²) in [6, 6.07) is 15.6. The fourth-order valence-electron chi connectivity index (χ4n) is 3.06. The van der Waals surface area contributed by atoms with Crippen LogP contribution in [-0.4, -0.2) is 44.4 Å². The summed E-state index contributed by atoms with van der Waals surface area (Å²) in [5.41, 5.74) is 1.30. The van der Waals surface area contributed by atoms with Gasteiger partial charge in [-0.1, -0.05) is 36.4 Å². The molecule has 1 heterocycles. The van der Waals surface area contributed by atoms with Crippen molar-refractivity contribution in [2.24, 2.45) is 0 Å². The van der Waals surface area contributed by atoms with Gasteiger partial charge in [0.05, 0.1) is 23.6 Å². The number of morpholine rings is 1. The summed E-state index contributed by atoms with van der Waals surface area (Å²) in [5, 5.41) is 2.91. The highest BCUT2D eigenvalue weighted by Crippen LogP contribution is 2.20. The number of amides is 1. The molecule has 0 aromatic heterocycles. The smallest absolute Gasteiger partial charge is 0.251 e. The van der Waals surface area contributed by atoms with Gasteiger partial charge in [-0.15, -0.1) is 0 Å². The number of carbonyl (C=O) groups excluding carboxylic acids is 1. The third-order valence-electron chi connectivity index (χ3n) is 4.58. The van der Waals surface area contributed by atoms with Crippen LogP contribution in [0, 0.1) is 0 Å². The number of benzene rings is 2. The Bertz CT molecular complexity index is 899. The van der Waals surface area contributed by atoms with E-state index < -0.39 is 10.0 Å². The maximum atomic E-state index is 12.9. The summed E-state index contributed by atoms with van der Waals surface area (Å²) in [6.45, 7) is 4.73. The Balaban J connectivity index is 1.77. The van der Waals surface area contributed by atoms with E-state index in [4.69, 9.17) is 4.74 Å². The summed E-state index contributed by atoms with van der Waals surface area (Å²) in [5.74, 6) is -0.307.